The molecule has 5 rings (SSSR count). The van der Waals surface area contributed by atoms with Gasteiger partial charge in [-0.05, 0) is 42.3 Å². The summed E-state index contributed by atoms with van der Waals surface area (Å²) in [5.74, 6) is 0.957. The van der Waals surface area contributed by atoms with Crippen molar-refractivity contribution in [1.82, 2.24) is 15.1 Å². The van der Waals surface area contributed by atoms with Crippen LogP contribution < -0.4 is 9.47 Å². The van der Waals surface area contributed by atoms with Crippen LogP contribution in [-0.4, -0.2) is 51.0 Å². The third-order valence-corrected chi connectivity index (χ3v) is 6.18. The van der Waals surface area contributed by atoms with Crippen molar-refractivity contribution in [3.05, 3.63) is 95.2 Å². The van der Waals surface area contributed by atoms with Crippen LogP contribution in [0.2, 0.25) is 0 Å². The lowest BCUT2D eigenvalue weighted by molar-refractivity contribution is 0.0706. The minimum absolute atomic E-state index is 0.0678. The largest absolute Gasteiger partial charge is 0.507 e. The number of fused-ring (bicyclic) bond motifs is 1. The summed E-state index contributed by atoms with van der Waals surface area (Å²) in [5.41, 5.74) is 3.82. The number of nitrogens with one attached hydrogen (secondary N) is 1. The van der Waals surface area contributed by atoms with Crippen molar-refractivity contribution in [2.24, 2.45) is 0 Å². The minimum Gasteiger partial charge on any atom is -0.507 e. The number of aromatic amines is 1. The first-order chi connectivity index (χ1) is 17.6. The first-order valence-corrected chi connectivity index (χ1v) is 11.8. The zero-order valence-corrected chi connectivity index (χ0v) is 19.8. The zero-order valence-electron chi connectivity index (χ0n) is 19.8. The number of carbonyl (C=O) groups is 1. The Labute approximate surface area is 208 Å². The van der Waals surface area contributed by atoms with Crippen molar-refractivity contribution >= 4 is 5.91 Å². The van der Waals surface area contributed by atoms with Gasteiger partial charge in [0.05, 0.1) is 19.3 Å². The maximum atomic E-state index is 13.3. The number of aromatic hydroxyl groups is 1. The lowest BCUT2D eigenvalue weighted by Gasteiger charge is -2.26. The average molecular weight is 486 g/mol. The van der Waals surface area contributed by atoms with Crippen LogP contribution in [0.3, 0.4) is 0 Å². The Morgan fingerprint density at radius 2 is 1.78 bits per heavy atom. The molecular formula is C28H27N3O5. The molecule has 1 aliphatic rings. The maximum absolute atomic E-state index is 13.3. The number of nitrogens with zero attached hydrogens (tertiary/aromatic N) is 2. The van der Waals surface area contributed by atoms with Crippen molar-refractivity contribution in [3.63, 3.8) is 0 Å². The summed E-state index contributed by atoms with van der Waals surface area (Å²) in [5, 5.41) is 27.4. The number of aliphatic hydroxyl groups is 1. The van der Waals surface area contributed by atoms with Crippen LogP contribution in [0, 0.1) is 0 Å². The van der Waals surface area contributed by atoms with Crippen LogP contribution in [0.4, 0.5) is 0 Å². The molecule has 184 valence electrons. The number of amides is 1. The molecule has 2 heterocycles. The third kappa shape index (κ3) is 4.27. The van der Waals surface area contributed by atoms with Crippen molar-refractivity contribution in [2.75, 3.05) is 19.8 Å². The van der Waals surface area contributed by atoms with E-state index < -0.39 is 6.04 Å². The van der Waals surface area contributed by atoms with Crippen molar-refractivity contribution in [2.45, 2.75) is 19.6 Å². The molecule has 1 amide bonds. The van der Waals surface area contributed by atoms with E-state index in [9.17, 15) is 15.0 Å². The van der Waals surface area contributed by atoms with E-state index in [0.717, 1.165) is 11.1 Å². The number of carbonyl (C=O) groups excluding carboxylic acids is 1. The van der Waals surface area contributed by atoms with E-state index in [2.05, 4.69) is 10.2 Å². The Balaban J connectivity index is 1.56. The topological polar surface area (TPSA) is 108 Å². The highest BCUT2D eigenvalue weighted by Gasteiger charge is 2.42. The van der Waals surface area contributed by atoms with Crippen LogP contribution in [-0.2, 0) is 6.61 Å². The standard InChI is InChI=1S/C28H27N3O5/c1-2-35-23-16-19(12-13-22(23)36-17-18-8-4-3-5-9-18)27-24-25(20-10-6-7-11-21(20)33)29-30-26(24)28(34)31(27)14-15-32/h3-13,16,27,32-33H,2,14-15,17H2,1H3,(H,29,30)/t27-/m0/s1. The molecule has 0 saturated carbocycles. The second-order valence-electron chi connectivity index (χ2n) is 8.42. The number of phenols is 1. The monoisotopic (exact) mass is 485 g/mol. The third-order valence-electron chi connectivity index (χ3n) is 6.18. The molecule has 0 aliphatic carbocycles. The Morgan fingerprint density at radius 1 is 1.00 bits per heavy atom. The molecule has 1 aliphatic heterocycles. The smallest absolute Gasteiger partial charge is 0.273 e. The molecule has 0 bridgehead atoms. The van der Waals surface area contributed by atoms with Gasteiger partial charge in [-0.1, -0.05) is 48.5 Å². The molecule has 1 aromatic heterocycles. The minimum atomic E-state index is -0.532. The van der Waals surface area contributed by atoms with Gasteiger partial charge in [-0.2, -0.15) is 5.10 Å². The van der Waals surface area contributed by atoms with Gasteiger partial charge >= 0.3 is 0 Å². The van der Waals surface area contributed by atoms with E-state index in [-0.39, 0.29) is 24.8 Å². The Bertz CT molecular complexity index is 1370. The van der Waals surface area contributed by atoms with Gasteiger partial charge in [-0.25, -0.2) is 0 Å². The molecule has 36 heavy (non-hydrogen) atoms. The van der Waals surface area contributed by atoms with E-state index in [0.29, 0.717) is 47.2 Å². The Morgan fingerprint density at radius 3 is 2.53 bits per heavy atom. The van der Waals surface area contributed by atoms with Crippen molar-refractivity contribution in [1.29, 1.82) is 0 Å². The molecule has 0 fully saturated rings. The van der Waals surface area contributed by atoms with Gasteiger partial charge in [-0.15, -0.1) is 0 Å². The molecule has 0 saturated heterocycles. The summed E-state index contributed by atoms with van der Waals surface area (Å²) >= 11 is 0. The summed E-state index contributed by atoms with van der Waals surface area (Å²) in [6.45, 7) is 2.68. The molecule has 0 unspecified atom stereocenters. The van der Waals surface area contributed by atoms with Gasteiger partial charge in [0.2, 0.25) is 0 Å². The molecule has 0 spiro atoms. The van der Waals surface area contributed by atoms with Gasteiger partial charge in [0.15, 0.2) is 11.5 Å². The molecule has 0 radical (unpaired) electrons. The van der Waals surface area contributed by atoms with Crippen LogP contribution in [0.15, 0.2) is 72.8 Å². The summed E-state index contributed by atoms with van der Waals surface area (Å²) in [7, 11) is 0. The molecule has 3 aromatic carbocycles. The fourth-order valence-corrected chi connectivity index (χ4v) is 4.58. The van der Waals surface area contributed by atoms with Crippen molar-refractivity contribution in [3.8, 4) is 28.5 Å². The number of rotatable bonds is 9. The average Bonchev–Trinajstić information content (AvgIpc) is 3.44. The molecule has 8 heteroatoms. The van der Waals surface area contributed by atoms with Crippen LogP contribution in [0.25, 0.3) is 11.3 Å². The van der Waals surface area contributed by atoms with Gasteiger partial charge in [0.1, 0.15) is 23.7 Å². The number of hydrogen-bond donors (Lipinski definition) is 3. The van der Waals surface area contributed by atoms with E-state index in [1.165, 1.54) is 0 Å². The number of hydrogen-bond acceptors (Lipinski definition) is 6. The Hall–Kier alpha value is -4.30. The number of ether oxygens (including phenoxy) is 2. The van der Waals surface area contributed by atoms with E-state index in [1.54, 1.807) is 29.2 Å². The predicted octanol–water partition coefficient (Wildman–Crippen LogP) is 4.30. The predicted molar refractivity (Wildman–Crippen MR) is 134 cm³/mol. The number of phenolic OH excluding ortho intramolecular Hbond substituents is 1. The van der Waals surface area contributed by atoms with Gasteiger partial charge in [0, 0.05) is 17.7 Å². The number of β-amino-alcohol motifs (C(OH)–C–C–N with tert-alkyl or cyclic N) is 1. The van der Waals surface area contributed by atoms with Gasteiger partial charge < -0.3 is 24.6 Å². The Kier molecular flexibility index (Phi) is 6.60. The summed E-state index contributed by atoms with van der Waals surface area (Å²) < 4.78 is 12.0. The summed E-state index contributed by atoms with van der Waals surface area (Å²) in [6, 6.07) is 21.8. The summed E-state index contributed by atoms with van der Waals surface area (Å²) in [4.78, 5) is 14.9. The molecule has 3 N–H and O–H groups in total. The van der Waals surface area contributed by atoms with Crippen molar-refractivity contribution < 1.29 is 24.5 Å². The molecule has 4 aromatic rings. The van der Waals surface area contributed by atoms with E-state index in [1.807, 2.05) is 55.5 Å². The molecule has 1 atom stereocenters. The van der Waals surface area contributed by atoms with Crippen LogP contribution in [0.1, 0.15) is 40.1 Å². The highest BCUT2D eigenvalue weighted by molar-refractivity contribution is 6.00. The van der Waals surface area contributed by atoms with E-state index >= 15 is 0 Å². The second-order valence-corrected chi connectivity index (χ2v) is 8.42. The quantitative estimate of drug-likeness (QED) is 0.326. The maximum Gasteiger partial charge on any atom is 0.273 e. The number of benzene rings is 3. The lowest BCUT2D eigenvalue weighted by atomic mass is 9.95. The highest BCUT2D eigenvalue weighted by atomic mass is 16.5. The van der Waals surface area contributed by atoms with Gasteiger partial charge in [-0.3, -0.25) is 9.89 Å². The fourth-order valence-electron chi connectivity index (χ4n) is 4.58. The van der Waals surface area contributed by atoms with Gasteiger partial charge in [0.25, 0.3) is 5.91 Å². The first kappa shape index (κ1) is 23.4. The summed E-state index contributed by atoms with van der Waals surface area (Å²) in [6.07, 6.45) is 0. The second kappa shape index (κ2) is 10.1. The molecular weight excluding hydrogens is 458 g/mol. The number of aliphatic hydroxyl groups excluding tert-OH is 1. The zero-order chi connectivity index (χ0) is 25.1. The fraction of sp³-hybridized carbons (Fsp3) is 0.214. The lowest BCUT2D eigenvalue weighted by Crippen LogP contribution is -2.32. The van der Waals surface area contributed by atoms with Crippen LogP contribution >= 0.6 is 0 Å². The normalized spacial score (nSPS) is 14.7. The van der Waals surface area contributed by atoms with E-state index in [4.69, 9.17) is 9.47 Å². The number of aromatic nitrogens is 2. The SMILES string of the molecule is CCOc1cc([C@H]2c3c(-c4ccccc4O)n[nH]c3C(=O)N2CCO)ccc1OCc1ccccc1. The first-order valence-electron chi connectivity index (χ1n) is 11.8. The van der Waals surface area contributed by atoms with Crippen LogP contribution in [0.5, 0.6) is 17.2 Å². The highest BCUT2D eigenvalue weighted by Crippen LogP contribution is 2.45. The number of para-hydroxylation sites is 1. The molecule has 8 nitrogen and oxygen atoms in total. The number of H-pyrrole nitrogens is 1.